The van der Waals surface area contributed by atoms with Crippen LogP contribution >= 0.6 is 27.5 Å². The number of hydrogen-bond donors (Lipinski definition) is 2. The molecule has 3 aromatic carbocycles. The molecule has 0 bridgehead atoms. The normalized spacial score (nSPS) is 11.1. The van der Waals surface area contributed by atoms with Crippen LogP contribution in [0.1, 0.15) is 11.1 Å². The van der Waals surface area contributed by atoms with Crippen LogP contribution in [-0.2, 0) is 11.2 Å². The van der Waals surface area contributed by atoms with Gasteiger partial charge in [-0.25, -0.2) is 5.43 Å². The summed E-state index contributed by atoms with van der Waals surface area (Å²) in [6.07, 6.45) is 1.56. The molecular weight excluding hydrogens is 404 g/mol. The third-order valence-electron chi connectivity index (χ3n) is 3.69. The summed E-state index contributed by atoms with van der Waals surface area (Å²) in [7, 11) is 0. The molecule has 126 valence electrons. The van der Waals surface area contributed by atoms with E-state index in [0.717, 1.165) is 20.8 Å². The van der Waals surface area contributed by atoms with E-state index in [1.807, 2.05) is 36.4 Å². The average Bonchev–Trinajstić information content (AvgIpc) is 2.61. The topological polar surface area (TPSA) is 61.7 Å². The van der Waals surface area contributed by atoms with Gasteiger partial charge in [-0.05, 0) is 40.6 Å². The summed E-state index contributed by atoms with van der Waals surface area (Å²) in [5.74, 6) is -0.202. The fourth-order valence-electron chi connectivity index (χ4n) is 2.49. The Balaban J connectivity index is 1.72. The van der Waals surface area contributed by atoms with Crippen LogP contribution < -0.4 is 5.43 Å². The van der Waals surface area contributed by atoms with E-state index in [-0.39, 0.29) is 18.1 Å². The molecular formula is C19H14BrClN2O2. The summed E-state index contributed by atoms with van der Waals surface area (Å²) in [4.78, 5) is 12.2. The lowest BCUT2D eigenvalue weighted by atomic mass is 10.0. The van der Waals surface area contributed by atoms with Crippen molar-refractivity contribution in [1.82, 2.24) is 5.43 Å². The summed E-state index contributed by atoms with van der Waals surface area (Å²) in [5.41, 5.74) is 3.82. The van der Waals surface area contributed by atoms with Crippen LogP contribution in [0.15, 0.2) is 64.2 Å². The van der Waals surface area contributed by atoms with Crippen LogP contribution in [0.25, 0.3) is 10.8 Å². The van der Waals surface area contributed by atoms with E-state index in [0.29, 0.717) is 10.6 Å². The van der Waals surface area contributed by atoms with Gasteiger partial charge in [0.1, 0.15) is 5.75 Å². The van der Waals surface area contributed by atoms with Gasteiger partial charge in [0, 0.05) is 15.1 Å². The summed E-state index contributed by atoms with van der Waals surface area (Å²) in [5, 5.41) is 16.1. The molecule has 0 radical (unpaired) electrons. The number of hydrogen-bond acceptors (Lipinski definition) is 3. The van der Waals surface area contributed by atoms with E-state index >= 15 is 0 Å². The van der Waals surface area contributed by atoms with Gasteiger partial charge in [0.25, 0.3) is 0 Å². The van der Waals surface area contributed by atoms with Crippen molar-refractivity contribution >= 4 is 50.4 Å². The van der Waals surface area contributed by atoms with E-state index in [1.165, 1.54) is 12.3 Å². The Labute approximate surface area is 158 Å². The van der Waals surface area contributed by atoms with Crippen molar-refractivity contribution in [2.45, 2.75) is 6.42 Å². The Bertz CT molecular complexity index is 973. The van der Waals surface area contributed by atoms with Crippen LogP contribution in [0.5, 0.6) is 5.75 Å². The Morgan fingerprint density at radius 1 is 1.16 bits per heavy atom. The average molecular weight is 418 g/mol. The van der Waals surface area contributed by atoms with Crippen molar-refractivity contribution in [3.05, 3.63) is 75.2 Å². The monoisotopic (exact) mass is 416 g/mol. The highest BCUT2D eigenvalue weighted by atomic mass is 79.9. The second-order valence-electron chi connectivity index (χ2n) is 5.43. The van der Waals surface area contributed by atoms with Gasteiger partial charge in [-0.1, -0.05) is 57.9 Å². The number of fused-ring (bicyclic) bond motifs is 1. The van der Waals surface area contributed by atoms with E-state index in [4.69, 9.17) is 11.6 Å². The number of aromatic hydroxyl groups is 1. The molecule has 0 aliphatic rings. The maximum absolute atomic E-state index is 12.2. The number of nitrogens with one attached hydrogen (secondary N) is 1. The molecule has 0 unspecified atom stereocenters. The predicted octanol–water partition coefficient (Wildman–Crippen LogP) is 4.65. The molecule has 2 N–H and O–H groups in total. The first-order chi connectivity index (χ1) is 12.0. The Morgan fingerprint density at radius 3 is 2.72 bits per heavy atom. The van der Waals surface area contributed by atoms with Crippen LogP contribution in [0, 0.1) is 0 Å². The fraction of sp³-hybridized carbons (Fsp3) is 0.0526. The van der Waals surface area contributed by atoms with Gasteiger partial charge in [0.15, 0.2) is 0 Å². The van der Waals surface area contributed by atoms with Crippen LogP contribution in [0.2, 0.25) is 5.02 Å². The maximum Gasteiger partial charge on any atom is 0.244 e. The third kappa shape index (κ3) is 4.18. The summed E-state index contributed by atoms with van der Waals surface area (Å²) >= 11 is 9.39. The highest BCUT2D eigenvalue weighted by molar-refractivity contribution is 9.10. The molecule has 6 heteroatoms. The minimum Gasteiger partial charge on any atom is -0.507 e. The first kappa shape index (κ1) is 17.5. The largest absolute Gasteiger partial charge is 0.507 e. The molecule has 0 saturated carbocycles. The van der Waals surface area contributed by atoms with Gasteiger partial charge in [0.05, 0.1) is 12.6 Å². The van der Waals surface area contributed by atoms with Gasteiger partial charge in [-0.15, -0.1) is 0 Å². The third-order valence-corrected chi connectivity index (χ3v) is 4.62. The van der Waals surface area contributed by atoms with E-state index in [9.17, 15) is 9.90 Å². The van der Waals surface area contributed by atoms with Crippen molar-refractivity contribution in [3.63, 3.8) is 0 Å². The Hall–Kier alpha value is -2.37. The van der Waals surface area contributed by atoms with Crippen molar-refractivity contribution < 1.29 is 9.90 Å². The highest BCUT2D eigenvalue weighted by Crippen LogP contribution is 2.27. The number of carbonyl (C=O) groups is 1. The Kier molecular flexibility index (Phi) is 5.36. The molecule has 0 aliphatic carbocycles. The smallest absolute Gasteiger partial charge is 0.244 e. The van der Waals surface area contributed by atoms with E-state index < -0.39 is 0 Å². The number of halogens is 2. The number of nitrogens with zero attached hydrogens (tertiary/aromatic N) is 1. The molecule has 0 aliphatic heterocycles. The van der Waals surface area contributed by atoms with Gasteiger partial charge in [-0.2, -0.15) is 5.10 Å². The Morgan fingerprint density at radius 2 is 1.92 bits per heavy atom. The zero-order valence-corrected chi connectivity index (χ0v) is 15.4. The SMILES string of the molecule is O=C(Cc1ccc(Br)c2ccccc12)N/N=C\c1cc(Cl)ccc1O. The first-order valence-electron chi connectivity index (χ1n) is 7.51. The standard InChI is InChI=1S/C19H14BrClN2O2/c20-17-7-5-12(15-3-1-2-4-16(15)17)10-19(25)23-22-11-13-9-14(21)6-8-18(13)24/h1-9,11,24H,10H2,(H,23,25)/b22-11-. The molecule has 3 aromatic rings. The molecule has 0 atom stereocenters. The van der Waals surface area contributed by atoms with E-state index in [1.54, 1.807) is 12.1 Å². The summed E-state index contributed by atoms with van der Waals surface area (Å²) in [6.45, 7) is 0. The molecule has 0 heterocycles. The number of benzene rings is 3. The lowest BCUT2D eigenvalue weighted by Crippen LogP contribution is -2.19. The molecule has 25 heavy (non-hydrogen) atoms. The number of rotatable bonds is 4. The van der Waals surface area contributed by atoms with Crippen LogP contribution in [-0.4, -0.2) is 17.2 Å². The number of carbonyl (C=O) groups excluding carboxylic acids is 1. The van der Waals surface area contributed by atoms with Crippen LogP contribution in [0.3, 0.4) is 0 Å². The molecule has 0 fully saturated rings. The summed E-state index contributed by atoms with van der Waals surface area (Å²) < 4.78 is 0.988. The van der Waals surface area contributed by atoms with Gasteiger partial charge in [-0.3, -0.25) is 4.79 Å². The molecule has 0 aromatic heterocycles. The van der Waals surface area contributed by atoms with Crippen molar-refractivity contribution in [1.29, 1.82) is 0 Å². The maximum atomic E-state index is 12.2. The fourth-order valence-corrected chi connectivity index (χ4v) is 3.15. The highest BCUT2D eigenvalue weighted by Gasteiger charge is 2.08. The lowest BCUT2D eigenvalue weighted by molar-refractivity contribution is -0.120. The number of hydrazone groups is 1. The molecule has 4 nitrogen and oxygen atoms in total. The number of phenols is 1. The minimum atomic E-state index is -0.245. The van der Waals surface area contributed by atoms with Gasteiger partial charge < -0.3 is 5.11 Å². The molecule has 0 spiro atoms. The lowest BCUT2D eigenvalue weighted by Gasteiger charge is -2.07. The second-order valence-corrected chi connectivity index (χ2v) is 6.72. The molecule has 3 rings (SSSR count). The van der Waals surface area contributed by atoms with Gasteiger partial charge in [0.2, 0.25) is 5.91 Å². The van der Waals surface area contributed by atoms with Crippen molar-refractivity contribution in [3.8, 4) is 5.75 Å². The van der Waals surface area contributed by atoms with Gasteiger partial charge >= 0.3 is 0 Å². The predicted molar refractivity (Wildman–Crippen MR) is 104 cm³/mol. The summed E-state index contributed by atoms with van der Waals surface area (Å²) in [6, 6.07) is 16.3. The molecule has 0 saturated heterocycles. The quantitative estimate of drug-likeness (QED) is 0.479. The number of phenolic OH excluding ortho intramolecular Hbond substituents is 1. The first-order valence-corrected chi connectivity index (χ1v) is 8.68. The zero-order valence-electron chi connectivity index (χ0n) is 13.0. The van der Waals surface area contributed by atoms with Crippen LogP contribution in [0.4, 0.5) is 0 Å². The number of amides is 1. The second kappa shape index (κ2) is 7.68. The zero-order chi connectivity index (χ0) is 17.8. The van der Waals surface area contributed by atoms with Crippen molar-refractivity contribution in [2.75, 3.05) is 0 Å². The van der Waals surface area contributed by atoms with E-state index in [2.05, 4.69) is 26.5 Å². The van der Waals surface area contributed by atoms with Crippen molar-refractivity contribution in [2.24, 2.45) is 5.10 Å². The minimum absolute atomic E-state index is 0.0429. The molecule has 1 amide bonds.